The van der Waals surface area contributed by atoms with Crippen LogP contribution < -0.4 is 5.32 Å². The van der Waals surface area contributed by atoms with Crippen molar-refractivity contribution in [2.45, 2.75) is 25.8 Å². The highest BCUT2D eigenvalue weighted by molar-refractivity contribution is 7.10. The average Bonchev–Trinajstić information content (AvgIpc) is 3.44. The van der Waals surface area contributed by atoms with Crippen molar-refractivity contribution in [2.24, 2.45) is 5.92 Å². The normalized spacial score (nSPS) is 16.8. The Labute approximate surface area is 168 Å². The van der Waals surface area contributed by atoms with Gasteiger partial charge in [0.1, 0.15) is 6.33 Å². The number of amides is 1. The molecule has 1 saturated heterocycles. The lowest BCUT2D eigenvalue weighted by atomic mass is 9.97. The maximum atomic E-state index is 12.7. The SMILES string of the molecule is CC1CCN([C@H](CNC(=O)c2ccc(-n3cnnn3)cc2)c2cccs2)CC1. The van der Waals surface area contributed by atoms with Crippen LogP contribution in [-0.4, -0.2) is 50.6 Å². The monoisotopic (exact) mass is 396 g/mol. The van der Waals surface area contributed by atoms with E-state index < -0.39 is 0 Å². The van der Waals surface area contributed by atoms with Crippen molar-refractivity contribution in [2.75, 3.05) is 19.6 Å². The second-order valence-electron chi connectivity index (χ2n) is 7.26. The molecule has 7 nitrogen and oxygen atoms in total. The van der Waals surface area contributed by atoms with Gasteiger partial charge >= 0.3 is 0 Å². The summed E-state index contributed by atoms with van der Waals surface area (Å²) in [4.78, 5) is 16.5. The number of piperidine rings is 1. The Kier molecular flexibility index (Phi) is 5.78. The zero-order chi connectivity index (χ0) is 19.3. The number of aromatic nitrogens is 4. The van der Waals surface area contributed by atoms with Gasteiger partial charge in [0.25, 0.3) is 5.91 Å². The van der Waals surface area contributed by atoms with E-state index in [1.165, 1.54) is 24.0 Å². The Morgan fingerprint density at radius 1 is 1.25 bits per heavy atom. The Morgan fingerprint density at radius 2 is 2.04 bits per heavy atom. The highest BCUT2D eigenvalue weighted by Crippen LogP contribution is 2.29. The molecule has 1 atom stereocenters. The Balaban J connectivity index is 1.41. The molecule has 2 aromatic heterocycles. The molecule has 0 radical (unpaired) electrons. The van der Waals surface area contributed by atoms with Gasteiger partial charge in [0, 0.05) is 17.0 Å². The molecule has 1 amide bonds. The summed E-state index contributed by atoms with van der Waals surface area (Å²) >= 11 is 1.76. The minimum absolute atomic E-state index is 0.0600. The fourth-order valence-electron chi connectivity index (χ4n) is 3.57. The van der Waals surface area contributed by atoms with Gasteiger partial charge in [-0.25, -0.2) is 4.68 Å². The molecule has 4 rings (SSSR count). The number of likely N-dealkylation sites (tertiary alicyclic amines) is 1. The average molecular weight is 397 g/mol. The van der Waals surface area contributed by atoms with Gasteiger partial charge < -0.3 is 5.32 Å². The summed E-state index contributed by atoms with van der Waals surface area (Å²) in [6, 6.07) is 11.8. The molecule has 1 N–H and O–H groups in total. The molecule has 0 aliphatic carbocycles. The molecule has 1 aliphatic rings. The van der Waals surface area contributed by atoms with E-state index in [9.17, 15) is 4.79 Å². The number of tetrazole rings is 1. The Hall–Kier alpha value is -2.58. The smallest absolute Gasteiger partial charge is 0.251 e. The molecule has 0 spiro atoms. The van der Waals surface area contributed by atoms with Gasteiger partial charge in [-0.2, -0.15) is 0 Å². The van der Waals surface area contributed by atoms with E-state index in [0.717, 1.165) is 24.7 Å². The Bertz CT molecular complexity index is 870. The summed E-state index contributed by atoms with van der Waals surface area (Å²) in [7, 11) is 0. The predicted molar refractivity (Wildman–Crippen MR) is 109 cm³/mol. The fraction of sp³-hybridized carbons (Fsp3) is 0.400. The van der Waals surface area contributed by atoms with Gasteiger partial charge in [-0.15, -0.1) is 16.4 Å². The van der Waals surface area contributed by atoms with Crippen LogP contribution in [-0.2, 0) is 0 Å². The number of hydrogen-bond acceptors (Lipinski definition) is 6. The molecule has 146 valence electrons. The highest BCUT2D eigenvalue weighted by Gasteiger charge is 2.25. The molecule has 0 bridgehead atoms. The summed E-state index contributed by atoms with van der Waals surface area (Å²) < 4.78 is 1.56. The van der Waals surface area contributed by atoms with E-state index in [2.05, 4.69) is 50.2 Å². The van der Waals surface area contributed by atoms with Crippen LogP contribution >= 0.6 is 11.3 Å². The third-order valence-electron chi connectivity index (χ3n) is 5.33. The van der Waals surface area contributed by atoms with Gasteiger partial charge in [0.2, 0.25) is 0 Å². The van der Waals surface area contributed by atoms with Crippen LogP contribution in [0.15, 0.2) is 48.1 Å². The highest BCUT2D eigenvalue weighted by atomic mass is 32.1. The fourth-order valence-corrected chi connectivity index (χ4v) is 4.43. The largest absolute Gasteiger partial charge is 0.350 e. The molecule has 3 heterocycles. The van der Waals surface area contributed by atoms with E-state index in [0.29, 0.717) is 12.1 Å². The molecular weight excluding hydrogens is 372 g/mol. The van der Waals surface area contributed by atoms with Crippen LogP contribution in [0.2, 0.25) is 0 Å². The minimum Gasteiger partial charge on any atom is -0.350 e. The zero-order valence-corrected chi connectivity index (χ0v) is 16.7. The van der Waals surface area contributed by atoms with Crippen LogP contribution in [0.5, 0.6) is 0 Å². The molecule has 0 saturated carbocycles. The molecule has 1 aliphatic heterocycles. The maximum absolute atomic E-state index is 12.7. The van der Waals surface area contributed by atoms with Crippen molar-refractivity contribution in [1.82, 2.24) is 30.4 Å². The third-order valence-corrected chi connectivity index (χ3v) is 6.30. The first-order chi connectivity index (χ1) is 13.7. The number of nitrogens with one attached hydrogen (secondary N) is 1. The number of nitrogens with zero attached hydrogens (tertiary/aromatic N) is 5. The van der Waals surface area contributed by atoms with Gasteiger partial charge in [0.15, 0.2) is 0 Å². The quantitative estimate of drug-likeness (QED) is 0.693. The molecule has 0 unspecified atom stereocenters. The second kappa shape index (κ2) is 8.62. The van der Waals surface area contributed by atoms with Crippen LogP contribution in [0.4, 0.5) is 0 Å². The molecule has 1 aromatic carbocycles. The Morgan fingerprint density at radius 3 is 2.68 bits per heavy atom. The lowest BCUT2D eigenvalue weighted by Crippen LogP contribution is -2.41. The molecule has 8 heteroatoms. The molecular formula is C20H24N6OS. The van der Waals surface area contributed by atoms with Crippen LogP contribution in [0.1, 0.15) is 41.0 Å². The van der Waals surface area contributed by atoms with Crippen LogP contribution in [0, 0.1) is 5.92 Å². The van der Waals surface area contributed by atoms with E-state index in [1.54, 1.807) is 28.2 Å². The lowest BCUT2D eigenvalue weighted by molar-refractivity contribution is 0.0915. The number of benzene rings is 1. The van der Waals surface area contributed by atoms with Crippen LogP contribution in [0.25, 0.3) is 5.69 Å². The van der Waals surface area contributed by atoms with E-state index in [4.69, 9.17) is 0 Å². The third kappa shape index (κ3) is 4.28. The van der Waals surface area contributed by atoms with Gasteiger partial charge in [-0.1, -0.05) is 13.0 Å². The summed E-state index contributed by atoms with van der Waals surface area (Å²) in [6.07, 6.45) is 3.96. The van der Waals surface area contributed by atoms with Crippen molar-refractivity contribution in [3.05, 3.63) is 58.5 Å². The van der Waals surface area contributed by atoms with Crippen LogP contribution in [0.3, 0.4) is 0 Å². The predicted octanol–water partition coefficient (Wildman–Crippen LogP) is 2.93. The van der Waals surface area contributed by atoms with Crippen molar-refractivity contribution in [3.63, 3.8) is 0 Å². The molecule has 28 heavy (non-hydrogen) atoms. The van der Waals surface area contributed by atoms with E-state index >= 15 is 0 Å². The summed E-state index contributed by atoms with van der Waals surface area (Å²) in [5, 5.41) is 16.3. The number of rotatable bonds is 6. The van der Waals surface area contributed by atoms with E-state index in [1.807, 2.05) is 12.1 Å². The number of hydrogen-bond donors (Lipinski definition) is 1. The van der Waals surface area contributed by atoms with Gasteiger partial charge in [-0.05, 0) is 78.0 Å². The van der Waals surface area contributed by atoms with Crippen molar-refractivity contribution in [1.29, 1.82) is 0 Å². The van der Waals surface area contributed by atoms with E-state index in [-0.39, 0.29) is 11.9 Å². The first-order valence-corrected chi connectivity index (χ1v) is 10.5. The van der Waals surface area contributed by atoms with Crippen molar-refractivity contribution >= 4 is 17.2 Å². The topological polar surface area (TPSA) is 75.9 Å². The summed E-state index contributed by atoms with van der Waals surface area (Å²) in [5.41, 5.74) is 1.45. The summed E-state index contributed by atoms with van der Waals surface area (Å²) in [5.74, 6) is 0.726. The number of thiophene rings is 1. The molecule has 1 fully saturated rings. The zero-order valence-electron chi connectivity index (χ0n) is 15.9. The standard InChI is InChI=1S/C20H24N6OS/c1-15-8-10-25(11-9-15)18(19-3-2-12-28-19)13-21-20(27)16-4-6-17(7-5-16)26-14-22-23-24-26/h2-7,12,14-15,18H,8-11,13H2,1H3,(H,21,27)/t18-/m1/s1. The van der Waals surface area contributed by atoms with Crippen molar-refractivity contribution < 1.29 is 4.79 Å². The molecule has 3 aromatic rings. The number of carbonyl (C=O) groups is 1. The summed E-state index contributed by atoms with van der Waals surface area (Å²) in [6.45, 7) is 5.10. The maximum Gasteiger partial charge on any atom is 0.251 e. The van der Waals surface area contributed by atoms with Gasteiger partial charge in [0.05, 0.1) is 11.7 Å². The van der Waals surface area contributed by atoms with Gasteiger partial charge in [-0.3, -0.25) is 9.69 Å². The first kappa shape index (κ1) is 18.8. The van der Waals surface area contributed by atoms with Crippen molar-refractivity contribution in [3.8, 4) is 5.69 Å². The lowest BCUT2D eigenvalue weighted by Gasteiger charge is -2.36. The second-order valence-corrected chi connectivity index (χ2v) is 8.24. The minimum atomic E-state index is -0.0600. The number of carbonyl (C=O) groups excluding carboxylic acids is 1. The first-order valence-electron chi connectivity index (χ1n) is 9.60.